The van der Waals surface area contributed by atoms with Gasteiger partial charge < -0.3 is 20.3 Å². The lowest BCUT2D eigenvalue weighted by molar-refractivity contribution is -0.139. The van der Waals surface area contributed by atoms with Gasteiger partial charge in [0.2, 0.25) is 5.91 Å². The molecule has 1 aromatic rings. The molecular weight excluding hydrogens is 310 g/mol. The Morgan fingerprint density at radius 2 is 1.96 bits per heavy atom. The molecule has 1 aromatic carbocycles. The Morgan fingerprint density at radius 3 is 2.67 bits per heavy atom. The van der Waals surface area contributed by atoms with E-state index in [0.717, 1.165) is 5.56 Å². The van der Waals surface area contributed by atoms with Gasteiger partial charge in [0.25, 0.3) is 0 Å². The maximum Gasteiger partial charge on any atom is 0.309 e. The maximum absolute atomic E-state index is 12.3. The van der Waals surface area contributed by atoms with E-state index in [2.05, 4.69) is 10.6 Å². The van der Waals surface area contributed by atoms with E-state index < -0.39 is 11.8 Å². The molecule has 7 nitrogen and oxygen atoms in total. The fourth-order valence-corrected chi connectivity index (χ4v) is 2.54. The number of ether oxygens (including phenoxy) is 1. The minimum absolute atomic E-state index is 0.0356. The van der Waals surface area contributed by atoms with Gasteiger partial charge in [-0.15, -0.1) is 0 Å². The van der Waals surface area contributed by atoms with Crippen LogP contribution >= 0.6 is 0 Å². The second-order valence-electron chi connectivity index (χ2n) is 5.55. The zero-order valence-corrected chi connectivity index (χ0v) is 13.8. The lowest BCUT2D eigenvalue weighted by Crippen LogP contribution is -2.42. The molecular formula is C17H23N3O4. The summed E-state index contributed by atoms with van der Waals surface area (Å²) in [5.74, 6) is -1.32. The summed E-state index contributed by atoms with van der Waals surface area (Å²) in [5.41, 5.74) is 1.06. The van der Waals surface area contributed by atoms with Crippen molar-refractivity contribution in [3.8, 4) is 0 Å². The molecule has 3 amide bonds. The zero-order chi connectivity index (χ0) is 17.4. The molecule has 1 fully saturated rings. The molecule has 130 valence electrons. The Labute approximate surface area is 141 Å². The number of benzene rings is 1. The van der Waals surface area contributed by atoms with Gasteiger partial charge in [0.05, 0.1) is 13.2 Å². The van der Waals surface area contributed by atoms with Gasteiger partial charge in [0.15, 0.2) is 0 Å². The smallest absolute Gasteiger partial charge is 0.309 e. The van der Waals surface area contributed by atoms with Crippen molar-refractivity contribution in [2.45, 2.75) is 18.9 Å². The quantitative estimate of drug-likeness (QED) is 0.596. The van der Waals surface area contributed by atoms with Crippen molar-refractivity contribution in [1.29, 1.82) is 0 Å². The monoisotopic (exact) mass is 333 g/mol. The van der Waals surface area contributed by atoms with Crippen LogP contribution in [0.4, 0.5) is 0 Å². The number of nitrogens with zero attached hydrogens (tertiary/aromatic N) is 1. The molecule has 1 heterocycles. The molecule has 1 aliphatic heterocycles. The van der Waals surface area contributed by atoms with Crippen LogP contribution in [0, 0.1) is 0 Å². The van der Waals surface area contributed by atoms with Gasteiger partial charge >= 0.3 is 11.8 Å². The van der Waals surface area contributed by atoms with E-state index in [9.17, 15) is 14.4 Å². The van der Waals surface area contributed by atoms with Crippen molar-refractivity contribution in [2.75, 3.05) is 33.3 Å². The fraction of sp³-hybridized carbons (Fsp3) is 0.471. The summed E-state index contributed by atoms with van der Waals surface area (Å²) in [4.78, 5) is 36.4. The van der Waals surface area contributed by atoms with Crippen molar-refractivity contribution in [2.24, 2.45) is 0 Å². The molecule has 1 unspecified atom stereocenters. The second-order valence-corrected chi connectivity index (χ2v) is 5.55. The first kappa shape index (κ1) is 17.9. The van der Waals surface area contributed by atoms with E-state index in [4.69, 9.17) is 4.74 Å². The van der Waals surface area contributed by atoms with Crippen molar-refractivity contribution >= 4 is 17.7 Å². The highest BCUT2D eigenvalue weighted by Gasteiger charge is 2.24. The van der Waals surface area contributed by atoms with Gasteiger partial charge in [-0.05, 0) is 12.0 Å². The third-order valence-corrected chi connectivity index (χ3v) is 3.88. The summed E-state index contributed by atoms with van der Waals surface area (Å²) in [7, 11) is 1.40. The van der Waals surface area contributed by atoms with E-state index in [1.54, 1.807) is 4.90 Å². The summed E-state index contributed by atoms with van der Waals surface area (Å²) < 4.78 is 5.74. The Balaban J connectivity index is 1.74. The number of morpholine rings is 1. The minimum Gasteiger partial charge on any atom is -0.370 e. The van der Waals surface area contributed by atoms with Crippen molar-refractivity contribution < 1.29 is 19.1 Å². The predicted octanol–water partition coefficient (Wildman–Crippen LogP) is 0.229. The van der Waals surface area contributed by atoms with Crippen LogP contribution in [0.1, 0.15) is 24.5 Å². The molecule has 0 bridgehead atoms. The number of amides is 3. The van der Waals surface area contributed by atoms with Gasteiger partial charge in [0, 0.05) is 26.6 Å². The Kier molecular flexibility index (Phi) is 6.74. The number of nitrogens with one attached hydrogen (secondary N) is 2. The van der Waals surface area contributed by atoms with Crippen LogP contribution in [0.2, 0.25) is 0 Å². The summed E-state index contributed by atoms with van der Waals surface area (Å²) in [6, 6.07) is 9.84. The lowest BCUT2D eigenvalue weighted by Gasteiger charge is -2.33. The maximum atomic E-state index is 12.3. The zero-order valence-electron chi connectivity index (χ0n) is 13.8. The van der Waals surface area contributed by atoms with E-state index in [1.165, 1.54) is 7.05 Å². The normalized spacial score (nSPS) is 17.2. The van der Waals surface area contributed by atoms with Crippen LogP contribution in [-0.4, -0.2) is 55.9 Å². The number of hydrogen-bond donors (Lipinski definition) is 2. The Morgan fingerprint density at radius 1 is 1.21 bits per heavy atom. The molecule has 0 aromatic heterocycles. The summed E-state index contributed by atoms with van der Waals surface area (Å²) >= 11 is 0. The van der Waals surface area contributed by atoms with E-state index in [0.29, 0.717) is 39.1 Å². The molecule has 7 heteroatoms. The third kappa shape index (κ3) is 5.06. The van der Waals surface area contributed by atoms with Gasteiger partial charge in [-0.2, -0.15) is 0 Å². The molecule has 0 saturated carbocycles. The number of carbonyl (C=O) groups is 3. The fourth-order valence-electron chi connectivity index (χ4n) is 2.54. The van der Waals surface area contributed by atoms with E-state index in [-0.39, 0.29) is 12.0 Å². The number of carbonyl (C=O) groups excluding carboxylic acids is 3. The summed E-state index contributed by atoms with van der Waals surface area (Å²) in [6.45, 7) is 1.92. The minimum atomic E-state index is -0.680. The second kappa shape index (κ2) is 9.02. The van der Waals surface area contributed by atoms with Crippen LogP contribution in [-0.2, 0) is 19.1 Å². The van der Waals surface area contributed by atoms with E-state index in [1.807, 2.05) is 30.3 Å². The van der Waals surface area contributed by atoms with Gasteiger partial charge in [-0.1, -0.05) is 30.3 Å². The topological polar surface area (TPSA) is 87.7 Å². The molecule has 1 atom stereocenters. The Hall–Kier alpha value is -2.41. The number of likely N-dealkylation sites (N-methyl/N-ethyl adjacent to an activating group) is 1. The summed E-state index contributed by atoms with van der Waals surface area (Å²) in [6.07, 6.45) is 0.724. The highest BCUT2D eigenvalue weighted by Crippen LogP contribution is 2.22. The highest BCUT2D eigenvalue weighted by molar-refractivity contribution is 6.34. The molecule has 24 heavy (non-hydrogen) atoms. The third-order valence-electron chi connectivity index (χ3n) is 3.88. The largest absolute Gasteiger partial charge is 0.370 e. The van der Waals surface area contributed by atoms with Crippen molar-refractivity contribution in [3.63, 3.8) is 0 Å². The SMILES string of the molecule is CNC(=O)C(=O)NCCCC(=O)N1CCOC(c2ccccc2)C1. The average molecular weight is 333 g/mol. The van der Waals surface area contributed by atoms with Crippen LogP contribution in [0.25, 0.3) is 0 Å². The molecule has 0 aliphatic carbocycles. The van der Waals surface area contributed by atoms with Crippen LogP contribution in [0.5, 0.6) is 0 Å². The molecule has 2 rings (SSSR count). The standard InChI is InChI=1S/C17H23N3O4/c1-18-16(22)17(23)19-9-5-8-15(21)20-10-11-24-14(12-20)13-6-3-2-4-7-13/h2-4,6-7,14H,5,8-12H2,1H3,(H,18,22)(H,19,23). The van der Waals surface area contributed by atoms with Gasteiger partial charge in [0.1, 0.15) is 6.10 Å². The van der Waals surface area contributed by atoms with Crippen LogP contribution < -0.4 is 10.6 Å². The molecule has 1 aliphatic rings. The van der Waals surface area contributed by atoms with Gasteiger partial charge in [-0.25, -0.2) is 0 Å². The molecule has 0 spiro atoms. The predicted molar refractivity (Wildman–Crippen MR) is 88.0 cm³/mol. The molecule has 1 saturated heterocycles. The van der Waals surface area contributed by atoms with Crippen molar-refractivity contribution in [3.05, 3.63) is 35.9 Å². The number of rotatable bonds is 5. The molecule has 0 radical (unpaired) electrons. The van der Waals surface area contributed by atoms with Crippen molar-refractivity contribution in [1.82, 2.24) is 15.5 Å². The lowest BCUT2D eigenvalue weighted by atomic mass is 10.1. The van der Waals surface area contributed by atoms with E-state index >= 15 is 0 Å². The molecule has 2 N–H and O–H groups in total. The van der Waals surface area contributed by atoms with Gasteiger partial charge in [-0.3, -0.25) is 14.4 Å². The number of hydrogen-bond acceptors (Lipinski definition) is 4. The first-order chi connectivity index (χ1) is 11.6. The highest BCUT2D eigenvalue weighted by atomic mass is 16.5. The first-order valence-electron chi connectivity index (χ1n) is 8.06. The van der Waals surface area contributed by atoms with Crippen LogP contribution in [0.3, 0.4) is 0 Å². The average Bonchev–Trinajstić information content (AvgIpc) is 2.65. The first-order valence-corrected chi connectivity index (χ1v) is 8.06. The Bertz CT molecular complexity index is 576. The van der Waals surface area contributed by atoms with Crippen LogP contribution in [0.15, 0.2) is 30.3 Å². The summed E-state index contributed by atoms with van der Waals surface area (Å²) in [5, 5.41) is 4.73.